The van der Waals surface area contributed by atoms with E-state index in [1.807, 2.05) is 7.05 Å². The zero-order chi connectivity index (χ0) is 13.5. The van der Waals surface area contributed by atoms with Crippen molar-refractivity contribution in [2.45, 2.75) is 38.6 Å². The summed E-state index contributed by atoms with van der Waals surface area (Å²) in [5.41, 5.74) is 0. The van der Waals surface area contributed by atoms with Crippen LogP contribution >= 0.6 is 0 Å². The van der Waals surface area contributed by atoms with E-state index in [4.69, 9.17) is 0 Å². The molecule has 104 valence electrons. The van der Waals surface area contributed by atoms with E-state index in [1.165, 1.54) is 0 Å². The van der Waals surface area contributed by atoms with Crippen LogP contribution in [0.4, 0.5) is 0 Å². The van der Waals surface area contributed by atoms with E-state index in [0.29, 0.717) is 6.54 Å². The average Bonchev–Trinajstić information content (AvgIpc) is 2.88. The summed E-state index contributed by atoms with van der Waals surface area (Å²) in [5.74, 6) is 0.120. The lowest BCUT2D eigenvalue weighted by atomic mass is 10.1. The van der Waals surface area contributed by atoms with Gasteiger partial charge in [0.2, 0.25) is 11.8 Å². The van der Waals surface area contributed by atoms with Gasteiger partial charge in [-0.25, -0.2) is 0 Å². The van der Waals surface area contributed by atoms with Gasteiger partial charge in [-0.05, 0) is 26.8 Å². The first kappa shape index (κ1) is 15.0. The molecule has 1 rings (SSSR count). The van der Waals surface area contributed by atoms with Crippen molar-refractivity contribution in [1.82, 2.24) is 15.5 Å². The van der Waals surface area contributed by atoms with Crippen LogP contribution in [0.3, 0.4) is 0 Å². The molecule has 0 aromatic rings. The van der Waals surface area contributed by atoms with Crippen LogP contribution in [0.2, 0.25) is 0 Å². The highest BCUT2D eigenvalue weighted by Gasteiger charge is 2.26. The fourth-order valence-corrected chi connectivity index (χ4v) is 2.30. The first-order valence-electron chi connectivity index (χ1n) is 6.76. The number of carbonyl (C=O) groups is 2. The number of nitrogens with zero attached hydrogens (tertiary/aromatic N) is 1. The maximum absolute atomic E-state index is 12.0. The maximum Gasteiger partial charge on any atom is 0.244 e. The topological polar surface area (TPSA) is 61.4 Å². The summed E-state index contributed by atoms with van der Waals surface area (Å²) < 4.78 is 0. The van der Waals surface area contributed by atoms with Crippen LogP contribution in [0.5, 0.6) is 0 Å². The lowest BCUT2D eigenvalue weighted by molar-refractivity contribution is -0.135. The minimum Gasteiger partial charge on any atom is -0.344 e. The molecule has 0 saturated heterocycles. The molecule has 0 bridgehead atoms. The Balaban J connectivity index is 2.36. The number of nitrogens with one attached hydrogen (secondary N) is 2. The molecule has 5 nitrogen and oxygen atoms in total. The van der Waals surface area contributed by atoms with E-state index in [2.05, 4.69) is 10.6 Å². The van der Waals surface area contributed by atoms with E-state index in [1.54, 1.807) is 18.9 Å². The fraction of sp³-hybridized carbons (Fsp3) is 0.846. The van der Waals surface area contributed by atoms with Crippen LogP contribution in [0.1, 0.15) is 32.6 Å². The molecule has 5 heteroatoms. The molecule has 1 aliphatic carbocycles. The minimum atomic E-state index is -0.431. The van der Waals surface area contributed by atoms with Crippen LogP contribution in [0, 0.1) is 5.92 Å². The van der Waals surface area contributed by atoms with E-state index in [9.17, 15) is 9.59 Å². The summed E-state index contributed by atoms with van der Waals surface area (Å²) in [5, 5.41) is 5.83. The highest BCUT2D eigenvalue weighted by molar-refractivity contribution is 5.88. The molecule has 0 heterocycles. The fourth-order valence-electron chi connectivity index (χ4n) is 2.30. The van der Waals surface area contributed by atoms with Crippen molar-refractivity contribution in [2.75, 3.05) is 27.2 Å². The van der Waals surface area contributed by atoms with Crippen molar-refractivity contribution >= 4 is 11.8 Å². The lowest BCUT2D eigenvalue weighted by Crippen LogP contribution is -2.48. The van der Waals surface area contributed by atoms with Crippen molar-refractivity contribution in [1.29, 1.82) is 0 Å². The molecule has 0 spiro atoms. The summed E-state index contributed by atoms with van der Waals surface area (Å²) in [6.07, 6.45) is 4.18. The van der Waals surface area contributed by atoms with Crippen molar-refractivity contribution in [3.05, 3.63) is 0 Å². The van der Waals surface area contributed by atoms with Crippen molar-refractivity contribution in [3.8, 4) is 0 Å². The average molecular weight is 255 g/mol. The summed E-state index contributed by atoms with van der Waals surface area (Å²) >= 11 is 0. The van der Waals surface area contributed by atoms with E-state index >= 15 is 0 Å². The molecular formula is C13H25N3O2. The molecule has 0 aromatic carbocycles. The van der Waals surface area contributed by atoms with E-state index in [-0.39, 0.29) is 17.7 Å². The molecule has 1 saturated carbocycles. The summed E-state index contributed by atoms with van der Waals surface area (Å²) in [6.45, 7) is 3.16. The summed E-state index contributed by atoms with van der Waals surface area (Å²) in [6, 6.07) is -0.431. The number of likely N-dealkylation sites (N-methyl/N-ethyl adjacent to an activating group) is 2. The Labute approximate surface area is 109 Å². The molecule has 1 aliphatic rings. The second kappa shape index (κ2) is 7.36. The Kier molecular flexibility index (Phi) is 6.12. The van der Waals surface area contributed by atoms with Crippen molar-refractivity contribution < 1.29 is 9.59 Å². The molecular weight excluding hydrogens is 230 g/mol. The van der Waals surface area contributed by atoms with Gasteiger partial charge in [0.15, 0.2) is 0 Å². The molecule has 0 radical (unpaired) electrons. The highest BCUT2D eigenvalue weighted by Crippen LogP contribution is 2.24. The third-order valence-electron chi connectivity index (χ3n) is 3.53. The Morgan fingerprint density at radius 1 is 1.33 bits per heavy atom. The van der Waals surface area contributed by atoms with Gasteiger partial charge >= 0.3 is 0 Å². The lowest BCUT2D eigenvalue weighted by Gasteiger charge is -2.23. The quantitative estimate of drug-likeness (QED) is 0.720. The Hall–Kier alpha value is -1.10. The second-order valence-corrected chi connectivity index (χ2v) is 5.08. The standard InChI is InChI=1S/C13H25N3O2/c1-10(13(18)16(3)9-8-14-2)15-12(17)11-6-4-5-7-11/h10-11,14H,4-9H2,1-3H3,(H,15,17). The second-order valence-electron chi connectivity index (χ2n) is 5.08. The predicted molar refractivity (Wildman–Crippen MR) is 71.1 cm³/mol. The molecule has 0 aromatic heterocycles. The maximum atomic E-state index is 12.0. The number of hydrogen-bond acceptors (Lipinski definition) is 3. The third kappa shape index (κ3) is 4.29. The molecule has 1 atom stereocenters. The van der Waals surface area contributed by atoms with Crippen molar-refractivity contribution in [3.63, 3.8) is 0 Å². The molecule has 2 amide bonds. The van der Waals surface area contributed by atoms with Gasteiger partial charge in [0.25, 0.3) is 0 Å². The van der Waals surface area contributed by atoms with Gasteiger partial charge < -0.3 is 15.5 Å². The minimum absolute atomic E-state index is 0.0309. The first-order valence-corrected chi connectivity index (χ1v) is 6.76. The Morgan fingerprint density at radius 3 is 2.50 bits per heavy atom. The van der Waals surface area contributed by atoms with Crippen LogP contribution in [0.25, 0.3) is 0 Å². The summed E-state index contributed by atoms with van der Waals surface area (Å²) in [7, 11) is 3.61. The molecule has 1 unspecified atom stereocenters. The predicted octanol–water partition coefficient (Wildman–Crippen LogP) is 0.359. The number of amides is 2. The van der Waals surface area contributed by atoms with E-state index < -0.39 is 6.04 Å². The van der Waals surface area contributed by atoms with E-state index in [0.717, 1.165) is 32.2 Å². The molecule has 1 fully saturated rings. The number of rotatable bonds is 6. The van der Waals surface area contributed by atoms with Crippen LogP contribution < -0.4 is 10.6 Å². The Bertz CT molecular complexity index is 288. The van der Waals surface area contributed by atoms with Gasteiger partial charge in [-0.1, -0.05) is 12.8 Å². The first-order chi connectivity index (χ1) is 8.56. The van der Waals surface area contributed by atoms with Gasteiger partial charge in [0, 0.05) is 26.1 Å². The van der Waals surface area contributed by atoms with Gasteiger partial charge in [-0.3, -0.25) is 9.59 Å². The zero-order valence-corrected chi connectivity index (χ0v) is 11.7. The molecule has 18 heavy (non-hydrogen) atoms. The zero-order valence-electron chi connectivity index (χ0n) is 11.7. The number of hydrogen-bond donors (Lipinski definition) is 2. The van der Waals surface area contributed by atoms with Crippen molar-refractivity contribution in [2.24, 2.45) is 5.92 Å². The van der Waals surface area contributed by atoms with Gasteiger partial charge in [0.05, 0.1) is 0 Å². The normalized spacial score (nSPS) is 17.5. The Morgan fingerprint density at radius 2 is 1.94 bits per heavy atom. The van der Waals surface area contributed by atoms with Gasteiger partial charge in [-0.15, -0.1) is 0 Å². The van der Waals surface area contributed by atoms with Gasteiger partial charge in [-0.2, -0.15) is 0 Å². The smallest absolute Gasteiger partial charge is 0.244 e. The monoisotopic (exact) mass is 255 g/mol. The highest BCUT2D eigenvalue weighted by atomic mass is 16.2. The van der Waals surface area contributed by atoms with Gasteiger partial charge in [0.1, 0.15) is 6.04 Å². The molecule has 2 N–H and O–H groups in total. The van der Waals surface area contributed by atoms with Crippen LogP contribution in [-0.2, 0) is 9.59 Å². The van der Waals surface area contributed by atoms with Crippen LogP contribution in [-0.4, -0.2) is 49.9 Å². The summed E-state index contributed by atoms with van der Waals surface area (Å²) in [4.78, 5) is 25.5. The molecule has 0 aliphatic heterocycles. The number of carbonyl (C=O) groups excluding carboxylic acids is 2. The van der Waals surface area contributed by atoms with Crippen LogP contribution in [0.15, 0.2) is 0 Å². The largest absolute Gasteiger partial charge is 0.344 e. The third-order valence-corrected chi connectivity index (χ3v) is 3.53. The SMILES string of the molecule is CNCCN(C)C(=O)C(C)NC(=O)C1CCCC1.